The zero-order valence-electron chi connectivity index (χ0n) is 28.7. The van der Waals surface area contributed by atoms with Gasteiger partial charge in [-0.25, -0.2) is 18.7 Å². The van der Waals surface area contributed by atoms with E-state index in [4.69, 9.17) is 21.3 Å². The van der Waals surface area contributed by atoms with Crippen molar-refractivity contribution >= 4 is 51.1 Å². The molecule has 0 unspecified atom stereocenters. The molecule has 2 atom stereocenters. The lowest BCUT2D eigenvalue weighted by Gasteiger charge is -2.48. The average molecular weight is 723 g/mol. The Kier molecular flexibility index (Phi) is 8.07. The molecule has 5 aromatic rings. The smallest absolute Gasteiger partial charge is 0.319 e. The molecule has 52 heavy (non-hydrogen) atoms. The van der Waals surface area contributed by atoms with Crippen LogP contribution < -0.4 is 9.64 Å². The molecule has 10 nitrogen and oxygen atoms in total. The first kappa shape index (κ1) is 33.1. The Hall–Kier alpha value is -4.81. The van der Waals surface area contributed by atoms with E-state index in [1.54, 1.807) is 36.7 Å². The summed E-state index contributed by atoms with van der Waals surface area (Å²) in [5.74, 6) is 0.512. The zero-order chi connectivity index (χ0) is 35.6. The highest BCUT2D eigenvalue weighted by Gasteiger charge is 2.51. The number of benzene rings is 2. The van der Waals surface area contributed by atoms with Crippen LogP contribution in [0.2, 0.25) is 5.02 Å². The van der Waals surface area contributed by atoms with Crippen LogP contribution in [0.1, 0.15) is 37.2 Å². The largest absolute Gasteiger partial charge is 0.461 e. The summed E-state index contributed by atoms with van der Waals surface area (Å²) in [6, 6.07) is 13.0. The van der Waals surface area contributed by atoms with E-state index in [0.717, 1.165) is 31.2 Å². The molecule has 1 amide bonds. The number of likely N-dealkylation sites (tertiary alicyclic amines) is 1. The number of hydrogen-bond donors (Lipinski definition) is 0. The second-order valence-electron chi connectivity index (χ2n) is 14.7. The minimum atomic E-state index is -0.905. The molecule has 3 aromatic heterocycles. The summed E-state index contributed by atoms with van der Waals surface area (Å²) in [5, 5.41) is 2.54. The van der Waals surface area contributed by atoms with Crippen LogP contribution in [0.3, 0.4) is 0 Å². The van der Waals surface area contributed by atoms with E-state index in [9.17, 15) is 9.18 Å². The second kappa shape index (κ2) is 12.7. The van der Waals surface area contributed by atoms with Gasteiger partial charge in [-0.2, -0.15) is 9.97 Å². The van der Waals surface area contributed by atoms with Crippen molar-refractivity contribution < 1.29 is 18.3 Å². The summed E-state index contributed by atoms with van der Waals surface area (Å²) in [6.45, 7) is 5.75. The number of pyridine rings is 1. The molecule has 13 heteroatoms. The topological polar surface area (TPSA) is 100 Å². The van der Waals surface area contributed by atoms with Gasteiger partial charge in [0.2, 0.25) is 5.91 Å². The Labute approximate surface area is 304 Å². The number of carbonyl (C=O) groups excluding carboxylic acids is 1. The predicted octanol–water partition coefficient (Wildman–Crippen LogP) is 6.44. The van der Waals surface area contributed by atoms with Gasteiger partial charge in [0.15, 0.2) is 5.82 Å². The van der Waals surface area contributed by atoms with E-state index < -0.39 is 17.5 Å². The van der Waals surface area contributed by atoms with E-state index in [2.05, 4.69) is 29.7 Å². The van der Waals surface area contributed by atoms with Crippen molar-refractivity contribution in [1.29, 1.82) is 0 Å². The standard InChI is InChI=1S/C39H37ClF2N8O2/c1-24-43-14-11-27(45-24)9-10-31(51)48-16-13-38(20-48)21-49(22-38)36-29-18-44-34(28-7-2-5-25-6-3-8-30(40)32(25)28)33(42)35(29)46-37(47-36)52-23-39-12-4-15-50(39)19-26(41)17-39/h2-3,5-11,14,18,26H,4,12-13,15-17,19-23H2,1H3/b10-9+/t26-,39+/m1/s1. The number of carbonyl (C=O) groups is 1. The quantitative estimate of drug-likeness (QED) is 0.176. The Morgan fingerprint density at radius 1 is 1.06 bits per heavy atom. The lowest BCUT2D eigenvalue weighted by atomic mass is 9.79. The number of nitrogens with zero attached hydrogens (tertiary/aromatic N) is 8. The van der Waals surface area contributed by atoms with Crippen molar-refractivity contribution in [3.8, 4) is 17.3 Å². The molecule has 0 saturated carbocycles. The lowest BCUT2D eigenvalue weighted by Crippen LogP contribution is -2.58. The molecule has 4 aliphatic rings. The molecule has 2 aromatic carbocycles. The van der Waals surface area contributed by atoms with Crippen molar-refractivity contribution in [1.82, 2.24) is 34.7 Å². The number of alkyl halides is 1. The van der Waals surface area contributed by atoms with E-state index in [-0.39, 0.29) is 35.2 Å². The van der Waals surface area contributed by atoms with Gasteiger partial charge in [-0.15, -0.1) is 0 Å². The maximum Gasteiger partial charge on any atom is 0.319 e. The Morgan fingerprint density at radius 2 is 1.90 bits per heavy atom. The molecule has 9 rings (SSSR count). The molecule has 4 aliphatic heterocycles. The van der Waals surface area contributed by atoms with Crippen LogP contribution in [0.5, 0.6) is 6.01 Å². The summed E-state index contributed by atoms with van der Waals surface area (Å²) in [4.78, 5) is 41.8. The molecule has 0 N–H and O–H groups in total. The van der Waals surface area contributed by atoms with Crippen LogP contribution in [0, 0.1) is 18.2 Å². The monoisotopic (exact) mass is 722 g/mol. The maximum atomic E-state index is 16.8. The molecular weight excluding hydrogens is 686 g/mol. The first-order valence-corrected chi connectivity index (χ1v) is 18.1. The summed E-state index contributed by atoms with van der Waals surface area (Å²) < 4.78 is 37.7. The second-order valence-corrected chi connectivity index (χ2v) is 15.2. The van der Waals surface area contributed by atoms with Crippen LogP contribution in [0.4, 0.5) is 14.6 Å². The van der Waals surface area contributed by atoms with E-state index >= 15 is 4.39 Å². The number of aryl methyl sites for hydroxylation is 1. The molecule has 4 saturated heterocycles. The number of ether oxygens (including phenoxy) is 1. The van der Waals surface area contributed by atoms with Crippen LogP contribution in [-0.4, -0.2) is 98.2 Å². The lowest BCUT2D eigenvalue weighted by molar-refractivity contribution is -0.125. The number of aromatic nitrogens is 5. The first-order chi connectivity index (χ1) is 25.2. The van der Waals surface area contributed by atoms with Crippen molar-refractivity contribution in [2.75, 3.05) is 50.8 Å². The van der Waals surface area contributed by atoms with Gasteiger partial charge in [-0.05, 0) is 56.3 Å². The minimum Gasteiger partial charge on any atom is -0.461 e. The Balaban J connectivity index is 1.03. The molecule has 266 valence electrons. The van der Waals surface area contributed by atoms with Crippen molar-refractivity contribution in [2.45, 2.75) is 44.3 Å². The fourth-order valence-corrected chi connectivity index (χ4v) is 9.06. The van der Waals surface area contributed by atoms with Crippen LogP contribution >= 0.6 is 11.6 Å². The van der Waals surface area contributed by atoms with Gasteiger partial charge in [0.25, 0.3) is 0 Å². The van der Waals surface area contributed by atoms with E-state index in [0.29, 0.717) is 77.8 Å². The van der Waals surface area contributed by atoms with Gasteiger partial charge in [-0.1, -0.05) is 41.9 Å². The van der Waals surface area contributed by atoms with E-state index in [1.165, 1.54) is 0 Å². The van der Waals surface area contributed by atoms with Gasteiger partial charge >= 0.3 is 6.01 Å². The van der Waals surface area contributed by atoms with Gasteiger partial charge in [0.1, 0.15) is 35.6 Å². The minimum absolute atomic E-state index is 0.0484. The normalized spacial score (nSPS) is 22.6. The average Bonchev–Trinajstić information content (AvgIpc) is 3.82. The van der Waals surface area contributed by atoms with Crippen molar-refractivity contribution in [2.24, 2.45) is 5.41 Å². The van der Waals surface area contributed by atoms with Crippen LogP contribution in [-0.2, 0) is 4.79 Å². The van der Waals surface area contributed by atoms with E-state index in [1.807, 2.05) is 42.2 Å². The van der Waals surface area contributed by atoms with Crippen molar-refractivity contribution in [3.63, 3.8) is 0 Å². The molecule has 0 bridgehead atoms. The number of amides is 1. The Morgan fingerprint density at radius 3 is 2.75 bits per heavy atom. The number of rotatable bonds is 7. The summed E-state index contributed by atoms with van der Waals surface area (Å²) >= 11 is 6.63. The maximum absolute atomic E-state index is 16.8. The fraction of sp³-hybridized carbons (Fsp3) is 0.385. The SMILES string of the molecule is Cc1nccc(/C=C/C(=O)N2CCC3(C2)CN(c2nc(OC[C@@]45CCCN4C[C@H](F)C5)nc4c(F)c(-c5cccc6cccc(Cl)c56)ncc24)C3)n1. The molecule has 1 spiro atoms. The third-order valence-corrected chi connectivity index (χ3v) is 11.6. The summed E-state index contributed by atoms with van der Waals surface area (Å²) in [7, 11) is 0. The number of halogens is 3. The van der Waals surface area contributed by atoms with Gasteiger partial charge in [-0.3, -0.25) is 14.7 Å². The van der Waals surface area contributed by atoms with Crippen LogP contribution in [0.25, 0.3) is 39.0 Å². The predicted molar refractivity (Wildman–Crippen MR) is 195 cm³/mol. The third kappa shape index (κ3) is 5.72. The van der Waals surface area contributed by atoms with Gasteiger partial charge in [0.05, 0.1) is 16.6 Å². The summed E-state index contributed by atoms with van der Waals surface area (Å²) in [5.41, 5.74) is 0.937. The first-order valence-electron chi connectivity index (χ1n) is 17.8. The third-order valence-electron chi connectivity index (χ3n) is 11.3. The van der Waals surface area contributed by atoms with Crippen LogP contribution in [0.15, 0.2) is 60.9 Å². The number of anilines is 1. The van der Waals surface area contributed by atoms with Gasteiger partial charge in [0, 0.05) is 79.0 Å². The molecular formula is C39H37ClF2N8O2. The molecule has 0 radical (unpaired) electrons. The number of fused-ring (bicyclic) bond motifs is 3. The molecule has 4 fully saturated rings. The molecule has 0 aliphatic carbocycles. The zero-order valence-corrected chi connectivity index (χ0v) is 29.5. The van der Waals surface area contributed by atoms with Crippen molar-refractivity contribution in [3.05, 3.63) is 83.3 Å². The Bertz CT molecular complexity index is 2260. The highest BCUT2D eigenvalue weighted by Crippen LogP contribution is 2.45. The van der Waals surface area contributed by atoms with Gasteiger partial charge < -0.3 is 14.5 Å². The highest BCUT2D eigenvalue weighted by molar-refractivity contribution is 6.36. The molecule has 7 heterocycles. The summed E-state index contributed by atoms with van der Waals surface area (Å²) in [6.07, 6.45) is 8.71. The highest BCUT2D eigenvalue weighted by atomic mass is 35.5. The number of hydrogen-bond acceptors (Lipinski definition) is 9. The fourth-order valence-electron chi connectivity index (χ4n) is 8.78.